The number of aryl methyl sites for hydroxylation is 1. The molecule has 4 atom stereocenters. The Kier molecular flexibility index (Phi) is 14.1. The molecule has 12 nitrogen and oxygen atoms in total. The number of pyridine rings is 1. The second-order valence-corrected chi connectivity index (χ2v) is 19.1. The topological polar surface area (TPSA) is 123 Å². The standard InChI is InChI=1S/C42H62ClN5O7S/c1-7-8-18-42(54-6,28-46-19-21-47(22-20-46)34(25-52-4)26-53-5)36-13-11-32(36)24-48-27-41(17-9-10-31-23-33(43)12-14-35(31)41)29-55-38-16-15-37(44-39(38)48)40(49)45-56(50,51)30(2)3/h8,12,14-16,18,23,30,32,34,36H,7,9-11,13,17,19-22,24-29H2,1-6H3,(H,45,49)/b18-8+/t32-,36+,41-,42+/m0/s1. The van der Waals surface area contributed by atoms with E-state index < -0.39 is 26.8 Å². The summed E-state index contributed by atoms with van der Waals surface area (Å²) in [4.78, 5) is 25.6. The van der Waals surface area contributed by atoms with Gasteiger partial charge >= 0.3 is 0 Å². The number of fused-ring (bicyclic) bond motifs is 3. The van der Waals surface area contributed by atoms with Crippen LogP contribution in [0.25, 0.3) is 0 Å². The number of halogens is 1. The number of rotatable bonds is 16. The van der Waals surface area contributed by atoms with E-state index in [0.717, 1.165) is 76.3 Å². The Morgan fingerprint density at radius 3 is 2.50 bits per heavy atom. The highest BCUT2D eigenvalue weighted by Gasteiger charge is 2.50. The third kappa shape index (κ3) is 9.24. The van der Waals surface area contributed by atoms with Crippen LogP contribution in [0.2, 0.25) is 5.02 Å². The molecule has 0 bridgehead atoms. The molecule has 2 aromatic rings. The fourth-order valence-electron chi connectivity index (χ4n) is 9.29. The van der Waals surface area contributed by atoms with Crippen molar-refractivity contribution in [3.63, 3.8) is 0 Å². The quantitative estimate of drug-likeness (QED) is 0.221. The number of piperazine rings is 1. The Morgan fingerprint density at radius 2 is 1.86 bits per heavy atom. The van der Waals surface area contributed by atoms with Gasteiger partial charge in [0.05, 0.1) is 31.1 Å². The van der Waals surface area contributed by atoms with Crippen molar-refractivity contribution in [2.24, 2.45) is 11.8 Å². The number of aromatic nitrogens is 1. The van der Waals surface area contributed by atoms with Crippen molar-refractivity contribution in [1.82, 2.24) is 19.5 Å². The molecule has 1 aromatic heterocycles. The van der Waals surface area contributed by atoms with E-state index in [1.54, 1.807) is 26.4 Å². The molecule has 56 heavy (non-hydrogen) atoms. The fraction of sp³-hybridized carbons (Fsp3) is 0.667. The van der Waals surface area contributed by atoms with Gasteiger partial charge in [-0.15, -0.1) is 0 Å². The summed E-state index contributed by atoms with van der Waals surface area (Å²) < 4.78 is 51.9. The zero-order chi connectivity index (χ0) is 40.1. The molecular formula is C42H62ClN5O7S. The van der Waals surface area contributed by atoms with E-state index in [2.05, 4.69) is 50.6 Å². The lowest BCUT2D eigenvalue weighted by atomic mass is 9.63. The van der Waals surface area contributed by atoms with E-state index in [-0.39, 0.29) is 29.0 Å². The summed E-state index contributed by atoms with van der Waals surface area (Å²) in [6.45, 7) is 12.8. The molecule has 1 saturated heterocycles. The van der Waals surface area contributed by atoms with Crippen LogP contribution in [0.5, 0.6) is 5.75 Å². The van der Waals surface area contributed by atoms with Gasteiger partial charge in [0.1, 0.15) is 11.3 Å². The number of nitrogens with zero attached hydrogens (tertiary/aromatic N) is 4. The number of hydrogen-bond donors (Lipinski definition) is 1. The first-order chi connectivity index (χ1) is 26.9. The molecule has 310 valence electrons. The normalized spacial score (nSPS) is 24.4. The Hall–Kier alpha value is -2.78. The number of sulfonamides is 1. The smallest absolute Gasteiger partial charge is 0.283 e. The van der Waals surface area contributed by atoms with Crippen LogP contribution in [-0.4, -0.2) is 133 Å². The maximum atomic E-state index is 13.4. The van der Waals surface area contributed by atoms with Gasteiger partial charge in [0.15, 0.2) is 11.6 Å². The molecule has 1 spiro atoms. The van der Waals surface area contributed by atoms with Gasteiger partial charge in [0.25, 0.3) is 5.91 Å². The molecule has 1 N–H and O–H groups in total. The van der Waals surface area contributed by atoms with Crippen LogP contribution in [0.1, 0.15) is 74.5 Å². The van der Waals surface area contributed by atoms with Crippen LogP contribution >= 0.6 is 11.6 Å². The Bertz CT molecular complexity index is 1800. The summed E-state index contributed by atoms with van der Waals surface area (Å²) in [5, 5.41) is -0.0407. The average Bonchev–Trinajstić information content (AvgIpc) is 3.32. The third-order valence-corrected chi connectivity index (χ3v) is 14.5. The van der Waals surface area contributed by atoms with Gasteiger partial charge in [-0.1, -0.05) is 36.7 Å². The molecule has 0 unspecified atom stereocenters. The molecule has 14 heteroatoms. The van der Waals surface area contributed by atoms with E-state index in [9.17, 15) is 13.2 Å². The highest BCUT2D eigenvalue weighted by atomic mass is 35.5. The molecule has 1 saturated carbocycles. The van der Waals surface area contributed by atoms with Gasteiger partial charge in [-0.2, -0.15) is 0 Å². The SMILES string of the molecule is CC/C=C/[C@](CN1CCN(C(COC)COC)CC1)(OC)[C@@H]1CC[C@H]1CN1C[C@@]2(CCCc3cc(Cl)ccc32)COc2ccc(C(=O)NS(=O)(=O)C(C)C)nc21. The minimum Gasteiger partial charge on any atom is -0.489 e. The predicted octanol–water partition coefficient (Wildman–Crippen LogP) is 5.33. The minimum atomic E-state index is -3.85. The fourth-order valence-corrected chi connectivity index (χ4v) is 10.1. The highest BCUT2D eigenvalue weighted by Crippen LogP contribution is 2.49. The third-order valence-electron chi connectivity index (χ3n) is 12.6. The highest BCUT2D eigenvalue weighted by molar-refractivity contribution is 7.90. The van der Waals surface area contributed by atoms with Crippen molar-refractivity contribution in [3.05, 3.63) is 64.3 Å². The molecule has 6 rings (SSSR count). The summed E-state index contributed by atoms with van der Waals surface area (Å²) in [5.41, 5.74) is 1.70. The van der Waals surface area contributed by atoms with Gasteiger partial charge in [-0.25, -0.2) is 18.1 Å². The second-order valence-electron chi connectivity index (χ2n) is 16.4. The second kappa shape index (κ2) is 18.4. The molecule has 2 aliphatic carbocycles. The molecule has 3 heterocycles. The largest absolute Gasteiger partial charge is 0.489 e. The van der Waals surface area contributed by atoms with E-state index in [4.69, 9.17) is 35.5 Å². The first-order valence-corrected chi connectivity index (χ1v) is 22.2. The Labute approximate surface area is 339 Å². The van der Waals surface area contributed by atoms with Gasteiger partial charge in [-0.05, 0) is 99.6 Å². The molecule has 1 aromatic carbocycles. The van der Waals surface area contributed by atoms with E-state index in [1.807, 2.05) is 13.2 Å². The van der Waals surface area contributed by atoms with Crippen molar-refractivity contribution < 1.29 is 32.2 Å². The summed E-state index contributed by atoms with van der Waals surface area (Å²) in [7, 11) is 1.49. The number of methoxy groups -OCH3 is 3. The number of benzene rings is 1. The monoisotopic (exact) mass is 815 g/mol. The van der Waals surface area contributed by atoms with Crippen LogP contribution in [0.3, 0.4) is 0 Å². The molecule has 0 radical (unpaired) electrons. The molecule has 1 amide bonds. The zero-order valence-electron chi connectivity index (χ0n) is 34.1. The van der Waals surface area contributed by atoms with Crippen molar-refractivity contribution in [3.8, 4) is 5.75 Å². The zero-order valence-corrected chi connectivity index (χ0v) is 35.7. The molecule has 2 fully saturated rings. The van der Waals surface area contributed by atoms with Gasteiger partial charge in [0, 0.05) is 77.6 Å². The van der Waals surface area contributed by atoms with Gasteiger partial charge in [-0.3, -0.25) is 14.6 Å². The lowest BCUT2D eigenvalue weighted by Gasteiger charge is -2.52. The van der Waals surface area contributed by atoms with Crippen molar-refractivity contribution in [1.29, 1.82) is 0 Å². The van der Waals surface area contributed by atoms with Crippen LogP contribution in [0, 0.1) is 11.8 Å². The first kappa shape index (κ1) is 42.8. The van der Waals surface area contributed by atoms with Crippen LogP contribution in [0.15, 0.2) is 42.5 Å². The van der Waals surface area contributed by atoms with Crippen molar-refractivity contribution >= 4 is 33.3 Å². The summed E-state index contributed by atoms with van der Waals surface area (Å²) >= 11 is 6.50. The summed E-state index contributed by atoms with van der Waals surface area (Å²) in [6, 6.07) is 9.75. The number of hydrogen-bond acceptors (Lipinski definition) is 11. The minimum absolute atomic E-state index is 0.0352. The van der Waals surface area contributed by atoms with E-state index in [1.165, 1.54) is 25.0 Å². The number of allylic oxidation sites excluding steroid dienone is 1. The van der Waals surface area contributed by atoms with Crippen LogP contribution in [-0.2, 0) is 36.1 Å². The maximum absolute atomic E-state index is 13.4. The number of carbonyl (C=O) groups is 1. The lowest BCUT2D eigenvalue weighted by molar-refractivity contribution is -0.0979. The van der Waals surface area contributed by atoms with Gasteiger partial charge < -0.3 is 23.8 Å². The number of nitrogens with one attached hydrogen (secondary N) is 1. The predicted molar refractivity (Wildman–Crippen MR) is 220 cm³/mol. The lowest BCUT2D eigenvalue weighted by Crippen LogP contribution is -2.60. The average molecular weight is 817 g/mol. The van der Waals surface area contributed by atoms with Crippen molar-refractivity contribution in [2.75, 3.05) is 91.9 Å². The van der Waals surface area contributed by atoms with Gasteiger partial charge in [0.2, 0.25) is 10.0 Å². The number of carbonyl (C=O) groups excluding carboxylic acids is 1. The molecule has 4 aliphatic rings. The van der Waals surface area contributed by atoms with Crippen LogP contribution < -0.4 is 14.4 Å². The first-order valence-electron chi connectivity index (χ1n) is 20.3. The number of anilines is 1. The number of amides is 1. The summed E-state index contributed by atoms with van der Waals surface area (Å²) in [5.74, 6) is 0.907. The Morgan fingerprint density at radius 1 is 1.11 bits per heavy atom. The van der Waals surface area contributed by atoms with Crippen molar-refractivity contribution in [2.45, 2.75) is 81.6 Å². The maximum Gasteiger partial charge on any atom is 0.283 e. The number of ether oxygens (including phenoxy) is 4. The summed E-state index contributed by atoms with van der Waals surface area (Å²) in [6.07, 6.45) is 10.4. The van der Waals surface area contributed by atoms with E-state index in [0.29, 0.717) is 44.5 Å². The molecular weight excluding hydrogens is 754 g/mol. The Balaban J connectivity index is 1.30. The van der Waals surface area contributed by atoms with Crippen LogP contribution in [0.4, 0.5) is 5.82 Å². The van der Waals surface area contributed by atoms with E-state index >= 15 is 0 Å². The molecule has 2 aliphatic heterocycles.